The predicted octanol–water partition coefficient (Wildman–Crippen LogP) is 9.93. The molecule has 0 amide bonds. The summed E-state index contributed by atoms with van der Waals surface area (Å²) in [7, 11) is 0. The van der Waals surface area contributed by atoms with Gasteiger partial charge in [0.1, 0.15) is 22.9 Å². The van der Waals surface area contributed by atoms with Crippen LogP contribution in [-0.2, 0) is 19.0 Å². The molecule has 199 valence electrons. The first-order chi connectivity index (χ1) is 17.8. The van der Waals surface area contributed by atoms with E-state index in [2.05, 4.69) is 19.9 Å². The summed E-state index contributed by atoms with van der Waals surface area (Å²) >= 11 is 0. The molecule has 1 radical (unpaired) electrons. The van der Waals surface area contributed by atoms with Gasteiger partial charge in [0.15, 0.2) is 11.6 Å². The van der Waals surface area contributed by atoms with Crippen LogP contribution < -0.4 is 9.47 Å². The molecular weight excluding hydrogens is 480 g/mol. The largest absolute Gasteiger partial charge is 0.454 e. The molecule has 0 aromatic heterocycles. The summed E-state index contributed by atoms with van der Waals surface area (Å²) in [5.74, 6) is -3.60. The predicted molar refractivity (Wildman–Crippen MR) is 138 cm³/mol. The molecule has 0 N–H and O–H groups in total. The first-order valence-corrected chi connectivity index (χ1v) is 13.2. The van der Waals surface area contributed by atoms with Crippen LogP contribution in [-0.4, -0.2) is 0 Å². The van der Waals surface area contributed by atoms with Gasteiger partial charge in [-0.15, -0.1) is 0 Å². The second kappa shape index (κ2) is 14.1. The van der Waals surface area contributed by atoms with Gasteiger partial charge >= 0.3 is 6.11 Å². The van der Waals surface area contributed by atoms with E-state index in [4.69, 9.17) is 9.47 Å². The van der Waals surface area contributed by atoms with Crippen LogP contribution in [0.2, 0.25) is 0 Å². The molecule has 3 aromatic carbocycles. The standard InChI is InChI=1S/C31H35F4O2/c1-3-5-7-9-11-23-13-17-25(18-14-23)36-28-22-21-27(32)29(30(28)33)31(34,35)37-26-19-15-24(16-20-26)12-10-8-6-4-2/h13-21H,3-12H2,1-2H3. The molecule has 2 nitrogen and oxygen atoms in total. The fraction of sp³-hybridized carbons (Fsp3) is 0.419. The quantitative estimate of drug-likeness (QED) is 0.148. The molecule has 0 aliphatic heterocycles. The third-order valence-electron chi connectivity index (χ3n) is 6.23. The summed E-state index contributed by atoms with van der Waals surface area (Å²) in [6, 6.07) is 16.0. The van der Waals surface area contributed by atoms with Crippen LogP contribution in [0.4, 0.5) is 17.6 Å². The highest BCUT2D eigenvalue weighted by molar-refractivity contribution is 5.38. The second-order valence-corrected chi connectivity index (χ2v) is 9.28. The zero-order valence-electron chi connectivity index (χ0n) is 21.6. The van der Waals surface area contributed by atoms with Gasteiger partial charge in [0.25, 0.3) is 0 Å². The van der Waals surface area contributed by atoms with Crippen molar-refractivity contribution in [3.05, 3.63) is 89.0 Å². The monoisotopic (exact) mass is 515 g/mol. The molecule has 6 heteroatoms. The SMILES string of the molecule is CCCCCCc1ccc(Oc2[c]cc(F)c(C(F)(F)Oc3ccc(CCCCCC)cc3)c2F)cc1. The number of hydrogen-bond acceptors (Lipinski definition) is 2. The molecule has 0 aliphatic carbocycles. The highest BCUT2D eigenvalue weighted by Gasteiger charge is 2.42. The van der Waals surface area contributed by atoms with Gasteiger partial charge in [-0.2, -0.15) is 8.78 Å². The lowest BCUT2D eigenvalue weighted by molar-refractivity contribution is -0.189. The van der Waals surface area contributed by atoms with Crippen molar-refractivity contribution < 1.29 is 27.0 Å². The van der Waals surface area contributed by atoms with Gasteiger partial charge in [0.05, 0.1) is 0 Å². The van der Waals surface area contributed by atoms with Crippen LogP contribution in [0.25, 0.3) is 0 Å². The Morgan fingerprint density at radius 2 is 1.22 bits per heavy atom. The van der Waals surface area contributed by atoms with E-state index < -0.39 is 29.1 Å². The van der Waals surface area contributed by atoms with Crippen molar-refractivity contribution in [2.45, 2.75) is 84.2 Å². The number of aryl methyl sites for hydroxylation is 2. The van der Waals surface area contributed by atoms with Crippen molar-refractivity contribution in [1.82, 2.24) is 0 Å². The lowest BCUT2D eigenvalue weighted by Gasteiger charge is -2.20. The van der Waals surface area contributed by atoms with Crippen molar-refractivity contribution in [2.24, 2.45) is 0 Å². The van der Waals surface area contributed by atoms with E-state index in [0.717, 1.165) is 68.9 Å². The summed E-state index contributed by atoms with van der Waals surface area (Å²) < 4.78 is 69.4. The fourth-order valence-electron chi connectivity index (χ4n) is 4.10. The Morgan fingerprint density at radius 1 is 0.703 bits per heavy atom. The Balaban J connectivity index is 1.68. The number of halogens is 4. The van der Waals surface area contributed by atoms with Crippen LogP contribution in [0.3, 0.4) is 0 Å². The van der Waals surface area contributed by atoms with E-state index in [1.807, 2.05) is 12.1 Å². The van der Waals surface area contributed by atoms with Gasteiger partial charge in [-0.05, 0) is 67.1 Å². The van der Waals surface area contributed by atoms with Gasteiger partial charge in [0, 0.05) is 6.07 Å². The Hall–Kier alpha value is -3.02. The molecular formula is C31H35F4O2. The minimum atomic E-state index is -4.26. The Morgan fingerprint density at radius 3 is 1.73 bits per heavy atom. The summed E-state index contributed by atoms with van der Waals surface area (Å²) in [4.78, 5) is 0. The van der Waals surface area contributed by atoms with Crippen LogP contribution in [0.5, 0.6) is 17.2 Å². The lowest BCUT2D eigenvalue weighted by Crippen LogP contribution is -2.25. The third-order valence-corrected chi connectivity index (χ3v) is 6.23. The molecule has 0 bridgehead atoms. The van der Waals surface area contributed by atoms with Gasteiger partial charge in [-0.25, -0.2) is 8.78 Å². The van der Waals surface area contributed by atoms with Crippen molar-refractivity contribution in [3.8, 4) is 17.2 Å². The van der Waals surface area contributed by atoms with Crippen LogP contribution in [0, 0.1) is 17.7 Å². The zero-order chi connectivity index (χ0) is 26.7. The fourth-order valence-corrected chi connectivity index (χ4v) is 4.10. The van der Waals surface area contributed by atoms with Gasteiger partial charge in [0.2, 0.25) is 0 Å². The maximum absolute atomic E-state index is 15.0. The number of ether oxygens (including phenoxy) is 2. The normalized spacial score (nSPS) is 11.5. The minimum Gasteiger partial charge on any atom is -0.454 e. The van der Waals surface area contributed by atoms with E-state index in [0.29, 0.717) is 6.07 Å². The second-order valence-electron chi connectivity index (χ2n) is 9.28. The van der Waals surface area contributed by atoms with Gasteiger partial charge < -0.3 is 9.47 Å². The van der Waals surface area contributed by atoms with E-state index in [1.54, 1.807) is 24.3 Å². The summed E-state index contributed by atoms with van der Waals surface area (Å²) in [6.07, 6.45) is 6.41. The highest BCUT2D eigenvalue weighted by atomic mass is 19.3. The number of unbranched alkanes of at least 4 members (excludes halogenated alkanes) is 6. The molecule has 0 unspecified atom stereocenters. The Bertz CT molecular complexity index is 1100. The van der Waals surface area contributed by atoms with Gasteiger partial charge in [-0.1, -0.05) is 76.6 Å². The molecule has 3 rings (SSSR count). The van der Waals surface area contributed by atoms with Crippen molar-refractivity contribution in [1.29, 1.82) is 0 Å². The zero-order valence-corrected chi connectivity index (χ0v) is 21.6. The molecule has 0 fully saturated rings. The van der Waals surface area contributed by atoms with Crippen molar-refractivity contribution in [3.63, 3.8) is 0 Å². The third kappa shape index (κ3) is 8.51. The summed E-state index contributed by atoms with van der Waals surface area (Å²) in [5.41, 5.74) is 0.568. The molecule has 0 aliphatic rings. The maximum Gasteiger partial charge on any atom is 0.432 e. The first-order valence-electron chi connectivity index (χ1n) is 13.2. The smallest absolute Gasteiger partial charge is 0.432 e. The number of rotatable bonds is 15. The average molecular weight is 516 g/mol. The molecule has 0 heterocycles. The van der Waals surface area contributed by atoms with E-state index in [9.17, 15) is 13.2 Å². The minimum absolute atomic E-state index is 0.189. The molecule has 0 saturated heterocycles. The van der Waals surface area contributed by atoms with Gasteiger partial charge in [-0.3, -0.25) is 0 Å². The topological polar surface area (TPSA) is 18.5 Å². The molecule has 3 aromatic rings. The van der Waals surface area contributed by atoms with Crippen molar-refractivity contribution in [2.75, 3.05) is 0 Å². The number of hydrogen-bond donors (Lipinski definition) is 0. The van der Waals surface area contributed by atoms with E-state index >= 15 is 4.39 Å². The maximum atomic E-state index is 15.0. The molecule has 0 saturated carbocycles. The Labute approximate surface area is 217 Å². The molecule has 37 heavy (non-hydrogen) atoms. The van der Waals surface area contributed by atoms with E-state index in [1.165, 1.54) is 18.6 Å². The molecule has 0 spiro atoms. The number of benzene rings is 3. The highest BCUT2D eigenvalue weighted by Crippen LogP contribution is 2.38. The average Bonchev–Trinajstić information content (AvgIpc) is 2.88. The van der Waals surface area contributed by atoms with E-state index in [-0.39, 0.29) is 11.5 Å². The summed E-state index contributed by atoms with van der Waals surface area (Å²) in [6.45, 7) is 4.28. The molecule has 0 atom stereocenters. The van der Waals surface area contributed by atoms with Crippen LogP contribution in [0.15, 0.2) is 54.6 Å². The Kier molecular flexibility index (Phi) is 10.8. The lowest BCUT2D eigenvalue weighted by atomic mass is 10.1. The summed E-state index contributed by atoms with van der Waals surface area (Å²) in [5, 5.41) is 0. The van der Waals surface area contributed by atoms with Crippen LogP contribution >= 0.6 is 0 Å². The first kappa shape index (κ1) is 28.5. The van der Waals surface area contributed by atoms with Crippen molar-refractivity contribution >= 4 is 0 Å². The number of alkyl halides is 2. The van der Waals surface area contributed by atoms with Crippen LogP contribution in [0.1, 0.15) is 81.9 Å².